The van der Waals surface area contributed by atoms with Crippen LogP contribution in [0.1, 0.15) is 11.8 Å². The molecule has 6 atom stereocenters. The van der Waals surface area contributed by atoms with Crippen LogP contribution in [0.15, 0.2) is 15.8 Å². The van der Waals surface area contributed by atoms with Crippen LogP contribution in [0.4, 0.5) is 0 Å². The summed E-state index contributed by atoms with van der Waals surface area (Å²) in [6.07, 6.45) is -6.86. The van der Waals surface area contributed by atoms with Crippen molar-refractivity contribution in [3.05, 3.63) is 32.6 Å². The Morgan fingerprint density at radius 2 is 1.71 bits per heavy atom. The summed E-state index contributed by atoms with van der Waals surface area (Å²) in [5.74, 6) is -0.836. The molecule has 7 N–H and O–H groups in total. The van der Waals surface area contributed by atoms with Crippen LogP contribution in [-0.4, -0.2) is 77.3 Å². The van der Waals surface area contributed by atoms with E-state index in [1.165, 1.54) is 0 Å². The molecule has 0 aliphatic carbocycles. The molecule has 19 nitrogen and oxygen atoms in total. The lowest BCUT2D eigenvalue weighted by atomic mass is 10.1. The van der Waals surface area contributed by atoms with E-state index in [2.05, 4.69) is 17.9 Å². The Hall–Kier alpha value is -1.56. The Balaban J connectivity index is 2.16. The van der Waals surface area contributed by atoms with E-state index in [1.807, 2.05) is 4.98 Å². The van der Waals surface area contributed by atoms with Crippen molar-refractivity contribution in [2.24, 2.45) is 0 Å². The Morgan fingerprint density at radius 3 is 2.26 bits per heavy atom. The van der Waals surface area contributed by atoms with Gasteiger partial charge in [-0.2, -0.15) is 8.62 Å². The predicted molar refractivity (Wildman–Crippen MR) is 103 cm³/mol. The number of phosphoric ester groups is 1. The molecule has 0 radical (unpaired) electrons. The second kappa shape index (κ2) is 10.6. The number of methoxy groups -OCH3 is 1. The smallest absolute Gasteiger partial charge is 0.469 e. The lowest BCUT2D eigenvalue weighted by Crippen LogP contribution is -2.39. The molecule has 1 aromatic rings. The highest BCUT2D eigenvalue weighted by Crippen LogP contribution is 2.66. The maximum Gasteiger partial charge on any atom is 0.490 e. The highest BCUT2D eigenvalue weighted by molar-refractivity contribution is 7.66. The van der Waals surface area contributed by atoms with Gasteiger partial charge < -0.3 is 39.3 Å². The molecular formula is C12H19N2O17P3. The first-order valence-electron chi connectivity index (χ1n) is 8.66. The number of aromatic nitrogens is 2. The summed E-state index contributed by atoms with van der Waals surface area (Å²) in [7, 11) is -15.9. The lowest BCUT2D eigenvalue weighted by Gasteiger charge is -2.19. The number of aliphatic hydroxyl groups excluding tert-OH is 2. The van der Waals surface area contributed by atoms with Crippen molar-refractivity contribution in [1.82, 2.24) is 9.55 Å². The highest BCUT2D eigenvalue weighted by atomic mass is 31.3. The van der Waals surface area contributed by atoms with Crippen LogP contribution in [0.25, 0.3) is 0 Å². The minimum absolute atomic E-state index is 0.270. The van der Waals surface area contributed by atoms with Gasteiger partial charge in [-0.15, -0.1) is 0 Å². The Bertz CT molecular complexity index is 1170. The molecular weight excluding hydrogens is 537 g/mol. The van der Waals surface area contributed by atoms with Crippen LogP contribution in [0, 0.1) is 0 Å². The van der Waals surface area contributed by atoms with E-state index in [-0.39, 0.29) is 5.56 Å². The van der Waals surface area contributed by atoms with Crippen molar-refractivity contribution < 1.29 is 70.9 Å². The van der Waals surface area contributed by atoms with Gasteiger partial charge >= 0.3 is 35.1 Å². The van der Waals surface area contributed by atoms with E-state index in [0.29, 0.717) is 4.57 Å². The molecule has 0 bridgehead atoms. The molecule has 2 heterocycles. The fraction of sp³-hybridized carbons (Fsp3) is 0.583. The van der Waals surface area contributed by atoms with E-state index >= 15 is 0 Å². The third-order valence-corrected chi connectivity index (χ3v) is 7.84. The number of esters is 1. The van der Waals surface area contributed by atoms with Crippen molar-refractivity contribution in [2.45, 2.75) is 31.0 Å². The zero-order valence-corrected chi connectivity index (χ0v) is 19.4. The Kier molecular flexibility index (Phi) is 8.93. The molecule has 0 aromatic carbocycles. The number of aromatic amines is 1. The summed E-state index contributed by atoms with van der Waals surface area (Å²) in [4.78, 5) is 72.8. The van der Waals surface area contributed by atoms with Gasteiger partial charge in [0.1, 0.15) is 18.3 Å². The molecule has 1 fully saturated rings. The molecule has 1 aromatic heterocycles. The summed E-state index contributed by atoms with van der Waals surface area (Å²) in [5, 5.41) is 20.3. The van der Waals surface area contributed by atoms with Crippen molar-refractivity contribution in [2.75, 3.05) is 13.7 Å². The average Bonchev–Trinajstić information content (AvgIpc) is 2.94. The van der Waals surface area contributed by atoms with Crippen molar-refractivity contribution in [3.8, 4) is 0 Å². The molecule has 3 unspecified atom stereocenters. The minimum atomic E-state index is -5.79. The van der Waals surface area contributed by atoms with Gasteiger partial charge in [0.25, 0.3) is 5.56 Å². The summed E-state index contributed by atoms with van der Waals surface area (Å²) < 4.78 is 55.3. The number of phosphoric acid groups is 3. The standard InChI is InChI=1S/C12H19N2O17P3/c1-27-7(15)2-5-3-14(12(19)13-10(5)18)11-9(17)8(16)6(29-11)4-28-33(23,24)31-34(25,26)30-32(20,21)22/h3,6,8-9,11,16-17H,2,4H2,1H3,(H,23,24)(H,25,26)(H,13,18,19)(H2,20,21,22)/t6-,8?,9+,11-/m1/s1. The number of aliphatic hydroxyl groups is 2. The lowest BCUT2D eigenvalue weighted by molar-refractivity contribution is -0.139. The molecule has 1 saturated heterocycles. The SMILES string of the molecule is COC(=O)Cc1cn([C@@H]2O[C@H](COP(=O)(O)OP(=O)(O)OP(=O)(O)O)C(O)[C@@H]2O)c(=O)[nH]c1=O. The van der Waals surface area contributed by atoms with Crippen LogP contribution in [0.3, 0.4) is 0 Å². The second-order valence-electron chi connectivity index (χ2n) is 6.51. The topological polar surface area (TPSA) is 291 Å². The van der Waals surface area contributed by atoms with Gasteiger partial charge in [0.15, 0.2) is 6.23 Å². The van der Waals surface area contributed by atoms with Crippen molar-refractivity contribution in [1.29, 1.82) is 0 Å². The maximum absolute atomic E-state index is 12.1. The van der Waals surface area contributed by atoms with E-state index in [0.717, 1.165) is 13.3 Å². The van der Waals surface area contributed by atoms with E-state index in [1.54, 1.807) is 0 Å². The van der Waals surface area contributed by atoms with Gasteiger partial charge in [0.2, 0.25) is 0 Å². The Labute approximate surface area is 187 Å². The minimum Gasteiger partial charge on any atom is -0.469 e. The third kappa shape index (κ3) is 7.73. The van der Waals surface area contributed by atoms with Crippen LogP contribution < -0.4 is 11.2 Å². The number of ether oxygens (including phenoxy) is 2. The van der Waals surface area contributed by atoms with Gasteiger partial charge in [-0.3, -0.25) is 23.7 Å². The Morgan fingerprint density at radius 1 is 1.09 bits per heavy atom. The quantitative estimate of drug-likeness (QED) is 0.113. The molecule has 0 spiro atoms. The average molecular weight is 556 g/mol. The number of carbonyl (C=O) groups is 1. The first-order valence-corrected chi connectivity index (χ1v) is 13.2. The molecule has 22 heteroatoms. The van der Waals surface area contributed by atoms with Gasteiger partial charge in [-0.25, -0.2) is 18.5 Å². The van der Waals surface area contributed by atoms with E-state index in [9.17, 15) is 43.2 Å². The molecule has 34 heavy (non-hydrogen) atoms. The zero-order chi connectivity index (χ0) is 26.1. The zero-order valence-electron chi connectivity index (χ0n) is 16.8. The third-order valence-electron chi connectivity index (χ3n) is 4.03. The molecule has 0 amide bonds. The summed E-state index contributed by atoms with van der Waals surface area (Å²) >= 11 is 0. The monoisotopic (exact) mass is 556 g/mol. The fourth-order valence-electron chi connectivity index (χ4n) is 2.64. The highest BCUT2D eigenvalue weighted by Gasteiger charge is 2.46. The van der Waals surface area contributed by atoms with E-state index < -0.39 is 78.3 Å². The van der Waals surface area contributed by atoms with Gasteiger partial charge in [0.05, 0.1) is 20.1 Å². The van der Waals surface area contributed by atoms with Crippen LogP contribution in [-0.2, 0) is 47.5 Å². The summed E-state index contributed by atoms with van der Waals surface area (Å²) in [6.45, 7) is -1.12. The maximum atomic E-state index is 12.1. The molecule has 0 saturated carbocycles. The molecule has 1 aliphatic heterocycles. The van der Waals surface area contributed by atoms with E-state index in [4.69, 9.17) is 19.4 Å². The number of rotatable bonds is 10. The molecule has 1 aliphatic rings. The first-order chi connectivity index (χ1) is 15.4. The number of H-pyrrole nitrogens is 1. The van der Waals surface area contributed by atoms with Gasteiger partial charge in [0, 0.05) is 11.8 Å². The fourth-order valence-corrected chi connectivity index (χ4v) is 5.67. The van der Waals surface area contributed by atoms with Crippen molar-refractivity contribution in [3.63, 3.8) is 0 Å². The number of carbonyl (C=O) groups excluding carboxylic acids is 1. The van der Waals surface area contributed by atoms with Crippen molar-refractivity contribution >= 4 is 29.4 Å². The molecule has 2 rings (SSSR count). The van der Waals surface area contributed by atoms with Crippen LogP contribution in [0.5, 0.6) is 0 Å². The largest absolute Gasteiger partial charge is 0.490 e. The number of hydrogen-bond donors (Lipinski definition) is 7. The predicted octanol–water partition coefficient (Wildman–Crippen LogP) is -2.79. The van der Waals surface area contributed by atoms with Crippen LogP contribution in [0.2, 0.25) is 0 Å². The molecule has 194 valence electrons. The number of hydrogen-bond acceptors (Lipinski definition) is 13. The number of nitrogens with one attached hydrogen (secondary N) is 1. The summed E-state index contributed by atoms with van der Waals surface area (Å²) in [5.41, 5.74) is -2.33. The summed E-state index contributed by atoms with van der Waals surface area (Å²) in [6, 6.07) is 0. The normalized spacial score (nSPS) is 26.6. The van der Waals surface area contributed by atoms with Crippen LogP contribution >= 0.6 is 23.5 Å². The van der Waals surface area contributed by atoms with Gasteiger partial charge in [-0.1, -0.05) is 0 Å². The first kappa shape index (κ1) is 28.7. The second-order valence-corrected chi connectivity index (χ2v) is 10.9. The number of nitrogens with zero attached hydrogens (tertiary/aromatic N) is 1. The van der Waals surface area contributed by atoms with Gasteiger partial charge in [-0.05, 0) is 0 Å².